The number of ether oxygens (including phenoxy) is 1. The molecule has 0 saturated carbocycles. The highest BCUT2D eigenvalue weighted by molar-refractivity contribution is 9.10. The fraction of sp³-hybridized carbons (Fsp3) is 0.600. The van der Waals surface area contributed by atoms with E-state index in [0.29, 0.717) is 11.6 Å². The van der Waals surface area contributed by atoms with Gasteiger partial charge in [0.1, 0.15) is 0 Å². The van der Waals surface area contributed by atoms with Crippen molar-refractivity contribution in [2.24, 2.45) is 5.92 Å². The number of hydrogen-bond acceptors (Lipinski definition) is 3. The summed E-state index contributed by atoms with van der Waals surface area (Å²) in [6.45, 7) is 4.32. The quantitative estimate of drug-likeness (QED) is 0.859. The van der Waals surface area contributed by atoms with E-state index in [9.17, 15) is 4.79 Å². The van der Waals surface area contributed by atoms with Crippen molar-refractivity contribution < 1.29 is 9.53 Å². The van der Waals surface area contributed by atoms with Crippen molar-refractivity contribution in [3.05, 3.63) is 15.9 Å². The number of aromatic amines is 1. The highest BCUT2D eigenvalue weighted by atomic mass is 79.9. The number of methoxy groups -OCH3 is 1. The average molecular weight is 275 g/mol. The minimum atomic E-state index is -0.422. The third kappa shape index (κ3) is 3.06. The van der Waals surface area contributed by atoms with Gasteiger partial charge in [0.2, 0.25) is 0 Å². The largest absolute Gasteiger partial charge is 0.464 e. The molecule has 0 aliphatic rings. The number of hydrogen-bond donors (Lipinski definition) is 1. The first kappa shape index (κ1) is 12.2. The maximum absolute atomic E-state index is 11.3. The Labute approximate surface area is 97.5 Å². The van der Waals surface area contributed by atoms with Crippen LogP contribution in [-0.2, 0) is 11.2 Å². The SMILES string of the molecule is COC(=O)c1n[nH]c(CCC(C)C)c1Br. The fourth-order valence-electron chi connectivity index (χ4n) is 1.20. The van der Waals surface area contributed by atoms with Crippen LogP contribution in [0, 0.1) is 5.92 Å². The van der Waals surface area contributed by atoms with E-state index in [1.807, 2.05) is 0 Å². The summed E-state index contributed by atoms with van der Waals surface area (Å²) in [6, 6.07) is 0. The van der Waals surface area contributed by atoms with E-state index in [1.54, 1.807) is 0 Å². The molecule has 0 radical (unpaired) electrons. The van der Waals surface area contributed by atoms with Gasteiger partial charge in [-0.15, -0.1) is 0 Å². The molecular weight excluding hydrogens is 260 g/mol. The summed E-state index contributed by atoms with van der Waals surface area (Å²) in [5.74, 6) is 0.204. The van der Waals surface area contributed by atoms with Gasteiger partial charge in [0.15, 0.2) is 5.69 Å². The number of halogens is 1. The number of carbonyl (C=O) groups is 1. The minimum Gasteiger partial charge on any atom is -0.464 e. The smallest absolute Gasteiger partial charge is 0.359 e. The molecule has 0 bridgehead atoms. The summed E-state index contributed by atoms with van der Waals surface area (Å²) >= 11 is 3.35. The van der Waals surface area contributed by atoms with Gasteiger partial charge in [-0.05, 0) is 34.7 Å². The number of esters is 1. The average Bonchev–Trinajstić information content (AvgIpc) is 2.56. The van der Waals surface area contributed by atoms with Gasteiger partial charge >= 0.3 is 5.97 Å². The van der Waals surface area contributed by atoms with Crippen molar-refractivity contribution in [2.75, 3.05) is 7.11 Å². The summed E-state index contributed by atoms with van der Waals surface area (Å²) in [6.07, 6.45) is 1.93. The molecule has 0 saturated heterocycles. The van der Waals surface area contributed by atoms with Gasteiger partial charge in [0.25, 0.3) is 0 Å². The second-order valence-electron chi connectivity index (χ2n) is 3.79. The second-order valence-corrected chi connectivity index (χ2v) is 4.58. The Bertz CT molecular complexity index is 347. The predicted octanol–water partition coefficient (Wildman–Crippen LogP) is 2.55. The van der Waals surface area contributed by atoms with E-state index in [0.717, 1.165) is 23.0 Å². The van der Waals surface area contributed by atoms with Crippen LogP contribution in [0.25, 0.3) is 0 Å². The molecule has 15 heavy (non-hydrogen) atoms. The summed E-state index contributed by atoms with van der Waals surface area (Å²) in [5.41, 5.74) is 1.26. The van der Waals surface area contributed by atoms with Crippen LogP contribution in [0.1, 0.15) is 36.5 Å². The molecule has 84 valence electrons. The Morgan fingerprint density at radius 3 is 2.80 bits per heavy atom. The second kappa shape index (κ2) is 5.30. The van der Waals surface area contributed by atoms with E-state index >= 15 is 0 Å². The number of aryl methyl sites for hydroxylation is 1. The lowest BCUT2D eigenvalue weighted by Crippen LogP contribution is -2.02. The zero-order chi connectivity index (χ0) is 11.4. The summed E-state index contributed by atoms with van der Waals surface area (Å²) in [5, 5.41) is 6.76. The van der Waals surface area contributed by atoms with Crippen molar-refractivity contribution in [2.45, 2.75) is 26.7 Å². The molecule has 1 rings (SSSR count). The van der Waals surface area contributed by atoms with Crippen LogP contribution in [-0.4, -0.2) is 23.3 Å². The Morgan fingerprint density at radius 1 is 1.60 bits per heavy atom. The van der Waals surface area contributed by atoms with Crippen LogP contribution in [0.3, 0.4) is 0 Å². The number of rotatable bonds is 4. The zero-order valence-corrected chi connectivity index (χ0v) is 10.7. The van der Waals surface area contributed by atoms with Gasteiger partial charge in [-0.25, -0.2) is 4.79 Å². The molecule has 0 amide bonds. The van der Waals surface area contributed by atoms with E-state index in [-0.39, 0.29) is 0 Å². The van der Waals surface area contributed by atoms with Crippen molar-refractivity contribution in [3.8, 4) is 0 Å². The lowest BCUT2D eigenvalue weighted by atomic mass is 10.1. The molecule has 0 atom stereocenters. The Balaban J connectivity index is 2.75. The van der Waals surface area contributed by atoms with E-state index in [1.165, 1.54) is 7.11 Å². The van der Waals surface area contributed by atoms with Gasteiger partial charge in [-0.1, -0.05) is 13.8 Å². The first-order valence-corrected chi connectivity index (χ1v) is 5.66. The van der Waals surface area contributed by atoms with Crippen LogP contribution in [0.2, 0.25) is 0 Å². The molecule has 4 nitrogen and oxygen atoms in total. The first-order chi connectivity index (χ1) is 7.06. The summed E-state index contributed by atoms with van der Waals surface area (Å²) in [7, 11) is 1.34. The van der Waals surface area contributed by atoms with Gasteiger partial charge < -0.3 is 4.74 Å². The molecule has 0 aliphatic heterocycles. The molecule has 1 aromatic heterocycles. The Morgan fingerprint density at radius 2 is 2.27 bits per heavy atom. The van der Waals surface area contributed by atoms with Crippen molar-refractivity contribution in [1.29, 1.82) is 0 Å². The molecular formula is C10H15BrN2O2. The summed E-state index contributed by atoms with van der Waals surface area (Å²) in [4.78, 5) is 11.3. The number of nitrogens with zero attached hydrogens (tertiary/aromatic N) is 1. The first-order valence-electron chi connectivity index (χ1n) is 4.87. The molecule has 1 N–H and O–H groups in total. The lowest BCUT2D eigenvalue weighted by molar-refractivity contribution is 0.0593. The van der Waals surface area contributed by atoms with Crippen molar-refractivity contribution in [3.63, 3.8) is 0 Å². The van der Waals surface area contributed by atoms with Crippen LogP contribution in [0.5, 0.6) is 0 Å². The van der Waals surface area contributed by atoms with Crippen LogP contribution >= 0.6 is 15.9 Å². The summed E-state index contributed by atoms with van der Waals surface area (Å²) < 4.78 is 5.32. The van der Waals surface area contributed by atoms with Crippen LogP contribution < -0.4 is 0 Å². The molecule has 0 spiro atoms. The van der Waals surface area contributed by atoms with Gasteiger partial charge in [0, 0.05) is 0 Å². The van der Waals surface area contributed by atoms with Gasteiger partial charge in [-0.3, -0.25) is 5.10 Å². The molecule has 0 fully saturated rings. The maximum atomic E-state index is 11.3. The van der Waals surface area contributed by atoms with Gasteiger partial charge in [0.05, 0.1) is 17.3 Å². The molecule has 1 heterocycles. The standard InChI is InChI=1S/C10H15BrN2O2/c1-6(2)4-5-7-8(11)9(13-12-7)10(14)15-3/h6H,4-5H2,1-3H3,(H,12,13). The topological polar surface area (TPSA) is 55.0 Å². The molecule has 0 unspecified atom stereocenters. The fourth-order valence-corrected chi connectivity index (χ4v) is 1.73. The van der Waals surface area contributed by atoms with E-state index in [2.05, 4.69) is 44.7 Å². The number of aromatic nitrogens is 2. The zero-order valence-electron chi connectivity index (χ0n) is 9.13. The highest BCUT2D eigenvalue weighted by Gasteiger charge is 2.17. The van der Waals surface area contributed by atoms with Crippen molar-refractivity contribution in [1.82, 2.24) is 10.2 Å². The van der Waals surface area contributed by atoms with E-state index in [4.69, 9.17) is 0 Å². The van der Waals surface area contributed by atoms with Crippen molar-refractivity contribution >= 4 is 21.9 Å². The lowest BCUT2D eigenvalue weighted by Gasteiger charge is -2.02. The molecule has 0 aliphatic carbocycles. The minimum absolute atomic E-state index is 0.316. The third-order valence-corrected chi connectivity index (χ3v) is 2.98. The third-order valence-electron chi connectivity index (χ3n) is 2.13. The molecule has 1 aromatic rings. The van der Waals surface area contributed by atoms with E-state index < -0.39 is 5.97 Å². The number of carbonyl (C=O) groups excluding carboxylic acids is 1. The Hall–Kier alpha value is -0.840. The normalized spacial score (nSPS) is 10.7. The molecule has 5 heteroatoms. The maximum Gasteiger partial charge on any atom is 0.359 e. The number of nitrogens with one attached hydrogen (secondary N) is 1. The van der Waals surface area contributed by atoms with Gasteiger partial charge in [-0.2, -0.15) is 5.10 Å². The predicted molar refractivity (Wildman–Crippen MR) is 60.8 cm³/mol. The van der Waals surface area contributed by atoms with Crippen LogP contribution in [0.15, 0.2) is 4.47 Å². The molecule has 0 aromatic carbocycles. The monoisotopic (exact) mass is 274 g/mol. The highest BCUT2D eigenvalue weighted by Crippen LogP contribution is 2.22. The van der Waals surface area contributed by atoms with Crippen LogP contribution in [0.4, 0.5) is 0 Å². The number of H-pyrrole nitrogens is 1. The Kier molecular flexibility index (Phi) is 4.32.